The van der Waals surface area contributed by atoms with Crippen molar-refractivity contribution in [1.82, 2.24) is 20.1 Å². The molecule has 10 nitrogen and oxygen atoms in total. The van der Waals surface area contributed by atoms with Gasteiger partial charge in [0.05, 0.1) is 43.4 Å². The van der Waals surface area contributed by atoms with Crippen LogP contribution >= 0.6 is 0 Å². The summed E-state index contributed by atoms with van der Waals surface area (Å²) in [7, 11) is 4.74. The van der Waals surface area contributed by atoms with Crippen LogP contribution in [0, 0.1) is 0 Å². The summed E-state index contributed by atoms with van der Waals surface area (Å²) in [4.78, 5) is 31.2. The summed E-state index contributed by atoms with van der Waals surface area (Å²) >= 11 is 0. The minimum absolute atomic E-state index is 0.242. The quantitative estimate of drug-likeness (QED) is 0.814. The molecule has 0 bridgehead atoms. The van der Waals surface area contributed by atoms with Gasteiger partial charge in [0, 0.05) is 25.9 Å². The molecule has 3 rings (SSSR count). The fraction of sp³-hybridized carbons (Fsp3) is 0.500. The number of pyridine rings is 1. The summed E-state index contributed by atoms with van der Waals surface area (Å²) < 4.78 is 17.4. The monoisotopic (exact) mass is 417 g/mol. The Morgan fingerprint density at radius 2 is 1.93 bits per heavy atom. The van der Waals surface area contributed by atoms with Gasteiger partial charge in [-0.3, -0.25) is 9.48 Å². The molecule has 0 radical (unpaired) electrons. The van der Waals surface area contributed by atoms with Crippen LogP contribution in [-0.4, -0.2) is 53.1 Å². The molecule has 1 N–H and O–H groups in total. The number of fused-ring (bicyclic) bond motifs is 1. The van der Waals surface area contributed by atoms with Crippen molar-refractivity contribution < 1.29 is 23.8 Å². The zero-order chi connectivity index (χ0) is 22.1. The van der Waals surface area contributed by atoms with Crippen molar-refractivity contribution in [3.8, 4) is 11.6 Å². The summed E-state index contributed by atoms with van der Waals surface area (Å²) in [6.07, 6.45) is 3.07. The number of rotatable bonds is 4. The molecule has 0 aliphatic carbocycles. The highest BCUT2D eigenvalue weighted by molar-refractivity contribution is 6.06. The molecule has 1 unspecified atom stereocenters. The standard InChI is InChI=1S/C20H27N5O5/c1-20(2,3)30-19(27)23-13-7-8-25(14-11-22-24(4)16(13)14)18(26)12-9-15(28-5)17(29-6)21-10-12/h9-11,13H,7-8H2,1-6H3,(H,23,27). The molecule has 2 aromatic heterocycles. The fourth-order valence-electron chi connectivity index (χ4n) is 3.37. The van der Waals surface area contributed by atoms with Crippen LogP contribution < -0.4 is 19.7 Å². The lowest BCUT2D eigenvalue weighted by Crippen LogP contribution is -2.42. The van der Waals surface area contributed by atoms with Crippen molar-refractivity contribution in [3.05, 3.63) is 29.7 Å². The number of alkyl carbamates (subject to hydrolysis) is 1. The molecule has 0 fully saturated rings. The zero-order valence-electron chi connectivity index (χ0n) is 18.1. The summed E-state index contributed by atoms with van der Waals surface area (Å²) in [6, 6.07) is 1.27. The Bertz CT molecular complexity index is 950. The van der Waals surface area contributed by atoms with Crippen molar-refractivity contribution in [2.45, 2.75) is 38.8 Å². The molecule has 3 heterocycles. The SMILES string of the molecule is COc1cc(C(=O)N2CCC(NC(=O)OC(C)(C)C)c3c2cnn3C)cnc1OC. The minimum atomic E-state index is -0.601. The van der Waals surface area contributed by atoms with E-state index in [9.17, 15) is 9.59 Å². The molecule has 1 atom stereocenters. The lowest BCUT2D eigenvalue weighted by atomic mass is 10.0. The van der Waals surface area contributed by atoms with Gasteiger partial charge >= 0.3 is 6.09 Å². The van der Waals surface area contributed by atoms with E-state index in [4.69, 9.17) is 14.2 Å². The Morgan fingerprint density at radius 1 is 1.20 bits per heavy atom. The van der Waals surface area contributed by atoms with E-state index in [2.05, 4.69) is 15.4 Å². The average molecular weight is 417 g/mol. The summed E-state index contributed by atoms with van der Waals surface area (Å²) in [5.74, 6) is 0.432. The molecule has 1 aliphatic rings. The van der Waals surface area contributed by atoms with E-state index >= 15 is 0 Å². The van der Waals surface area contributed by atoms with Crippen LogP contribution in [0.25, 0.3) is 0 Å². The first-order valence-electron chi connectivity index (χ1n) is 9.56. The lowest BCUT2D eigenvalue weighted by molar-refractivity contribution is 0.0498. The fourth-order valence-corrected chi connectivity index (χ4v) is 3.37. The number of carbonyl (C=O) groups excluding carboxylic acids is 2. The van der Waals surface area contributed by atoms with Crippen LogP contribution in [-0.2, 0) is 11.8 Å². The van der Waals surface area contributed by atoms with Crippen molar-refractivity contribution in [2.24, 2.45) is 7.05 Å². The maximum Gasteiger partial charge on any atom is 0.408 e. The highest BCUT2D eigenvalue weighted by atomic mass is 16.6. The van der Waals surface area contributed by atoms with Crippen LogP contribution in [0.1, 0.15) is 49.3 Å². The normalized spacial score (nSPS) is 15.9. The Labute approximate surface area is 175 Å². The van der Waals surface area contributed by atoms with E-state index < -0.39 is 11.7 Å². The smallest absolute Gasteiger partial charge is 0.408 e. The number of amides is 2. The van der Waals surface area contributed by atoms with Gasteiger partial charge in [-0.15, -0.1) is 0 Å². The second-order valence-electron chi connectivity index (χ2n) is 7.92. The van der Waals surface area contributed by atoms with Crippen LogP contribution in [0.2, 0.25) is 0 Å². The number of aryl methyl sites for hydroxylation is 1. The molecule has 0 spiro atoms. The van der Waals surface area contributed by atoms with Crippen molar-refractivity contribution in [2.75, 3.05) is 25.7 Å². The van der Waals surface area contributed by atoms with Crippen LogP contribution in [0.15, 0.2) is 18.5 Å². The van der Waals surface area contributed by atoms with E-state index in [1.165, 1.54) is 20.4 Å². The number of nitrogens with zero attached hydrogens (tertiary/aromatic N) is 4. The Kier molecular flexibility index (Phi) is 5.86. The maximum absolute atomic E-state index is 13.2. The first-order chi connectivity index (χ1) is 14.1. The second kappa shape index (κ2) is 8.21. The van der Waals surface area contributed by atoms with E-state index in [0.29, 0.717) is 35.8 Å². The van der Waals surface area contributed by atoms with Gasteiger partial charge in [-0.2, -0.15) is 5.10 Å². The van der Waals surface area contributed by atoms with Crippen LogP contribution in [0.4, 0.5) is 10.5 Å². The van der Waals surface area contributed by atoms with Crippen molar-refractivity contribution in [3.63, 3.8) is 0 Å². The van der Waals surface area contributed by atoms with Gasteiger partial charge in [0.25, 0.3) is 11.8 Å². The molecular weight excluding hydrogens is 390 g/mol. The van der Waals surface area contributed by atoms with Gasteiger partial charge in [-0.1, -0.05) is 0 Å². The minimum Gasteiger partial charge on any atom is -0.491 e. The number of aromatic nitrogens is 3. The first kappa shape index (κ1) is 21.4. The number of anilines is 1. The Hall–Kier alpha value is -3.30. The lowest BCUT2D eigenvalue weighted by Gasteiger charge is -2.33. The third-order valence-corrected chi connectivity index (χ3v) is 4.64. The predicted molar refractivity (Wildman–Crippen MR) is 109 cm³/mol. The predicted octanol–water partition coefficient (Wildman–Crippen LogP) is 2.45. The average Bonchev–Trinajstić information content (AvgIpc) is 3.08. The van der Waals surface area contributed by atoms with E-state index in [0.717, 1.165) is 5.69 Å². The number of ether oxygens (including phenoxy) is 3. The second-order valence-corrected chi connectivity index (χ2v) is 7.92. The zero-order valence-corrected chi connectivity index (χ0v) is 18.1. The third kappa shape index (κ3) is 4.32. The Balaban J connectivity index is 1.86. The summed E-state index contributed by atoms with van der Waals surface area (Å²) in [5, 5.41) is 7.17. The van der Waals surface area contributed by atoms with Crippen molar-refractivity contribution in [1.29, 1.82) is 0 Å². The molecule has 0 saturated heterocycles. The van der Waals surface area contributed by atoms with Gasteiger partial charge in [-0.05, 0) is 27.2 Å². The topological polar surface area (TPSA) is 108 Å². The maximum atomic E-state index is 13.2. The molecule has 2 amide bonds. The number of nitrogens with one attached hydrogen (secondary N) is 1. The number of hydrogen-bond donors (Lipinski definition) is 1. The number of hydrogen-bond acceptors (Lipinski definition) is 7. The van der Waals surface area contributed by atoms with Gasteiger partial charge in [0.15, 0.2) is 5.75 Å². The molecule has 30 heavy (non-hydrogen) atoms. The van der Waals surface area contributed by atoms with E-state index in [1.54, 1.807) is 49.7 Å². The molecule has 2 aromatic rings. The van der Waals surface area contributed by atoms with E-state index in [-0.39, 0.29) is 11.9 Å². The largest absolute Gasteiger partial charge is 0.491 e. The molecule has 10 heteroatoms. The number of methoxy groups -OCH3 is 2. The third-order valence-electron chi connectivity index (χ3n) is 4.64. The van der Waals surface area contributed by atoms with Gasteiger partial charge < -0.3 is 24.4 Å². The van der Waals surface area contributed by atoms with Crippen LogP contribution in [0.5, 0.6) is 11.6 Å². The van der Waals surface area contributed by atoms with Gasteiger partial charge in [0.2, 0.25) is 0 Å². The summed E-state index contributed by atoms with van der Waals surface area (Å²) in [6.45, 7) is 5.81. The molecule has 0 aromatic carbocycles. The van der Waals surface area contributed by atoms with Crippen molar-refractivity contribution >= 4 is 17.7 Å². The van der Waals surface area contributed by atoms with Gasteiger partial charge in [0.1, 0.15) is 5.60 Å². The van der Waals surface area contributed by atoms with Gasteiger partial charge in [-0.25, -0.2) is 9.78 Å². The number of carbonyl (C=O) groups is 2. The van der Waals surface area contributed by atoms with Crippen LogP contribution in [0.3, 0.4) is 0 Å². The summed E-state index contributed by atoms with van der Waals surface area (Å²) in [5.41, 5.74) is 1.12. The molecular formula is C20H27N5O5. The highest BCUT2D eigenvalue weighted by Gasteiger charge is 2.34. The highest BCUT2D eigenvalue weighted by Crippen LogP contribution is 2.35. The first-order valence-corrected chi connectivity index (χ1v) is 9.56. The van der Waals surface area contributed by atoms with E-state index in [1.807, 2.05) is 0 Å². The Morgan fingerprint density at radius 3 is 2.57 bits per heavy atom. The molecule has 0 saturated carbocycles. The molecule has 162 valence electrons. The molecule has 1 aliphatic heterocycles.